The average Bonchev–Trinajstić information content (AvgIpc) is 3.01. The number of fused-ring (bicyclic) bond motifs is 1. The van der Waals surface area contributed by atoms with Gasteiger partial charge >= 0.3 is 0 Å². The minimum absolute atomic E-state index is 0.0439. The Morgan fingerprint density at radius 2 is 2.00 bits per heavy atom. The van der Waals surface area contributed by atoms with Crippen LogP contribution in [0.25, 0.3) is 22.2 Å². The quantitative estimate of drug-likeness (QED) is 0.526. The Morgan fingerprint density at radius 1 is 1.19 bits per heavy atom. The van der Waals surface area contributed by atoms with Crippen LogP contribution in [0.3, 0.4) is 0 Å². The number of aromatic nitrogens is 2. The molecule has 0 spiro atoms. The number of halogens is 2. The molecule has 0 radical (unpaired) electrons. The summed E-state index contributed by atoms with van der Waals surface area (Å²) >= 11 is 6.35. The number of pyridine rings is 1. The van der Waals surface area contributed by atoms with E-state index < -0.39 is 11.7 Å². The van der Waals surface area contributed by atoms with Crippen molar-refractivity contribution >= 4 is 34.4 Å². The first-order chi connectivity index (χ1) is 13.0. The van der Waals surface area contributed by atoms with E-state index in [1.54, 1.807) is 43.5 Å². The van der Waals surface area contributed by atoms with E-state index in [9.17, 15) is 9.18 Å². The van der Waals surface area contributed by atoms with Gasteiger partial charge in [0.05, 0.1) is 10.6 Å². The van der Waals surface area contributed by atoms with Crippen LogP contribution in [0.1, 0.15) is 16.2 Å². The molecule has 2 aromatic carbocycles. The molecule has 1 amide bonds. The molecule has 27 heavy (non-hydrogen) atoms. The van der Waals surface area contributed by atoms with Crippen molar-refractivity contribution in [3.63, 3.8) is 0 Å². The van der Waals surface area contributed by atoms with Crippen molar-refractivity contribution in [2.24, 2.45) is 0 Å². The van der Waals surface area contributed by atoms with Crippen LogP contribution in [0.15, 0.2) is 59.1 Å². The smallest absolute Gasteiger partial charge is 0.259 e. The van der Waals surface area contributed by atoms with Crippen molar-refractivity contribution in [3.8, 4) is 11.1 Å². The molecule has 2 heterocycles. The molecule has 0 atom stereocenters. The normalized spacial score (nSPS) is 10.9. The topological polar surface area (TPSA) is 68.0 Å². The summed E-state index contributed by atoms with van der Waals surface area (Å²) in [5, 5.41) is 3.09. The second kappa shape index (κ2) is 6.81. The predicted octanol–water partition coefficient (Wildman–Crippen LogP) is 5.24. The molecule has 0 aliphatic carbocycles. The summed E-state index contributed by atoms with van der Waals surface area (Å²) in [4.78, 5) is 20.6. The molecule has 4 rings (SSSR count). The van der Waals surface area contributed by atoms with E-state index in [2.05, 4.69) is 15.3 Å². The number of aryl methyl sites for hydroxylation is 1. The molecule has 7 heteroatoms. The first-order valence-corrected chi connectivity index (χ1v) is 8.48. The van der Waals surface area contributed by atoms with Gasteiger partial charge in [-0.2, -0.15) is 0 Å². The number of anilines is 1. The number of nitrogens with zero attached hydrogens (tertiary/aromatic N) is 2. The summed E-state index contributed by atoms with van der Waals surface area (Å²) in [5.74, 6) is -0.291. The van der Waals surface area contributed by atoms with E-state index in [0.717, 1.165) is 11.1 Å². The van der Waals surface area contributed by atoms with Crippen molar-refractivity contribution in [3.05, 3.63) is 77.0 Å². The van der Waals surface area contributed by atoms with Gasteiger partial charge in [-0.25, -0.2) is 14.4 Å². The lowest BCUT2D eigenvalue weighted by molar-refractivity contribution is 0.102. The maximum absolute atomic E-state index is 13.7. The third-order valence-corrected chi connectivity index (χ3v) is 4.33. The molecule has 4 aromatic rings. The van der Waals surface area contributed by atoms with Gasteiger partial charge in [-0.1, -0.05) is 23.7 Å². The van der Waals surface area contributed by atoms with Gasteiger partial charge in [0, 0.05) is 24.2 Å². The van der Waals surface area contributed by atoms with Crippen LogP contribution in [-0.4, -0.2) is 15.9 Å². The minimum atomic E-state index is -0.589. The SMILES string of the molecule is Cc1nc2cc(Cl)c(-c3ccc(NC(=O)c4ccccc4F)nc3)cc2o1. The van der Waals surface area contributed by atoms with Gasteiger partial charge < -0.3 is 9.73 Å². The molecule has 0 saturated heterocycles. The van der Waals surface area contributed by atoms with Gasteiger partial charge in [0.15, 0.2) is 11.5 Å². The molecule has 0 fully saturated rings. The minimum Gasteiger partial charge on any atom is -0.441 e. The van der Waals surface area contributed by atoms with Crippen LogP contribution >= 0.6 is 11.6 Å². The molecule has 0 aliphatic heterocycles. The van der Waals surface area contributed by atoms with E-state index in [1.165, 1.54) is 18.2 Å². The van der Waals surface area contributed by atoms with Crippen molar-refractivity contribution in [1.82, 2.24) is 9.97 Å². The largest absolute Gasteiger partial charge is 0.441 e. The molecule has 0 aliphatic rings. The van der Waals surface area contributed by atoms with E-state index in [-0.39, 0.29) is 5.56 Å². The monoisotopic (exact) mass is 381 g/mol. The number of hydrogen-bond acceptors (Lipinski definition) is 4. The van der Waals surface area contributed by atoms with Gasteiger partial charge in [0.1, 0.15) is 17.2 Å². The third-order valence-electron chi connectivity index (χ3n) is 4.02. The molecular formula is C20H13ClFN3O2. The lowest BCUT2D eigenvalue weighted by Crippen LogP contribution is -2.14. The summed E-state index contributed by atoms with van der Waals surface area (Å²) in [5.41, 5.74) is 2.75. The fourth-order valence-corrected chi connectivity index (χ4v) is 3.01. The van der Waals surface area contributed by atoms with Crippen molar-refractivity contribution in [1.29, 1.82) is 0 Å². The Morgan fingerprint density at radius 3 is 2.74 bits per heavy atom. The van der Waals surface area contributed by atoms with Crippen LogP contribution in [0.2, 0.25) is 5.02 Å². The summed E-state index contributed by atoms with van der Waals surface area (Å²) < 4.78 is 19.2. The van der Waals surface area contributed by atoms with E-state index >= 15 is 0 Å². The van der Waals surface area contributed by atoms with Crippen LogP contribution in [0, 0.1) is 12.7 Å². The Bertz CT molecular complexity index is 1160. The molecule has 0 saturated carbocycles. The van der Waals surface area contributed by atoms with Gasteiger partial charge in [0.2, 0.25) is 0 Å². The summed E-state index contributed by atoms with van der Waals surface area (Å²) in [6.45, 7) is 1.77. The molecule has 134 valence electrons. The van der Waals surface area contributed by atoms with Crippen molar-refractivity contribution < 1.29 is 13.6 Å². The Kier molecular flexibility index (Phi) is 4.33. The van der Waals surface area contributed by atoms with Crippen molar-refractivity contribution in [2.45, 2.75) is 6.92 Å². The summed E-state index contributed by atoms with van der Waals surface area (Å²) in [6, 6.07) is 12.7. The van der Waals surface area contributed by atoms with Crippen LogP contribution in [0.4, 0.5) is 10.2 Å². The lowest BCUT2D eigenvalue weighted by Gasteiger charge is -2.07. The van der Waals surface area contributed by atoms with Gasteiger partial charge in [-0.15, -0.1) is 0 Å². The zero-order valence-electron chi connectivity index (χ0n) is 14.2. The second-order valence-electron chi connectivity index (χ2n) is 5.90. The fraction of sp³-hybridized carbons (Fsp3) is 0.0500. The van der Waals surface area contributed by atoms with E-state index in [0.29, 0.717) is 27.8 Å². The zero-order valence-corrected chi connectivity index (χ0v) is 14.9. The summed E-state index contributed by atoms with van der Waals surface area (Å²) in [7, 11) is 0. The Labute approximate surface area is 158 Å². The summed E-state index contributed by atoms with van der Waals surface area (Å²) in [6.07, 6.45) is 1.58. The van der Waals surface area contributed by atoms with Crippen LogP contribution < -0.4 is 5.32 Å². The molecular weight excluding hydrogens is 369 g/mol. The number of carbonyl (C=O) groups is 1. The number of carbonyl (C=O) groups excluding carboxylic acids is 1. The molecule has 2 aromatic heterocycles. The molecule has 1 N–H and O–H groups in total. The highest BCUT2D eigenvalue weighted by molar-refractivity contribution is 6.34. The number of rotatable bonds is 3. The third kappa shape index (κ3) is 3.39. The van der Waals surface area contributed by atoms with Crippen LogP contribution in [-0.2, 0) is 0 Å². The van der Waals surface area contributed by atoms with E-state index in [4.69, 9.17) is 16.0 Å². The van der Waals surface area contributed by atoms with E-state index in [1.807, 2.05) is 0 Å². The molecule has 0 bridgehead atoms. The van der Waals surface area contributed by atoms with Gasteiger partial charge in [-0.05, 0) is 36.4 Å². The number of nitrogens with one attached hydrogen (secondary N) is 1. The number of amides is 1. The first-order valence-electron chi connectivity index (χ1n) is 8.10. The highest BCUT2D eigenvalue weighted by atomic mass is 35.5. The molecule has 0 unspecified atom stereocenters. The zero-order chi connectivity index (χ0) is 19.0. The Balaban J connectivity index is 1.60. The first kappa shape index (κ1) is 17.2. The molecule has 5 nitrogen and oxygen atoms in total. The van der Waals surface area contributed by atoms with Gasteiger partial charge in [-0.3, -0.25) is 4.79 Å². The predicted molar refractivity (Wildman–Crippen MR) is 101 cm³/mol. The Hall–Kier alpha value is -3.25. The lowest BCUT2D eigenvalue weighted by atomic mass is 10.1. The standard InChI is InChI=1S/C20H13ClFN3O2/c1-11-24-17-9-15(21)14(8-18(17)27-11)12-6-7-19(23-10-12)25-20(26)13-4-2-3-5-16(13)22/h2-10H,1H3,(H,23,25,26). The van der Waals surface area contributed by atoms with Crippen molar-refractivity contribution in [2.75, 3.05) is 5.32 Å². The highest BCUT2D eigenvalue weighted by Gasteiger charge is 2.13. The average molecular weight is 382 g/mol. The highest BCUT2D eigenvalue weighted by Crippen LogP contribution is 2.32. The van der Waals surface area contributed by atoms with Crippen LogP contribution in [0.5, 0.6) is 0 Å². The second-order valence-corrected chi connectivity index (χ2v) is 6.31. The van der Waals surface area contributed by atoms with Gasteiger partial charge in [0.25, 0.3) is 5.91 Å². The number of oxazole rings is 1. The number of benzene rings is 2. The maximum Gasteiger partial charge on any atom is 0.259 e. The number of hydrogen-bond donors (Lipinski definition) is 1. The maximum atomic E-state index is 13.7. The fourth-order valence-electron chi connectivity index (χ4n) is 2.74.